The fourth-order valence-electron chi connectivity index (χ4n) is 9.18. The third-order valence-corrected chi connectivity index (χ3v) is 11.7. The van der Waals surface area contributed by atoms with Gasteiger partial charge in [-0.2, -0.15) is 5.06 Å². The lowest BCUT2D eigenvalue weighted by Gasteiger charge is -2.52. The first-order chi connectivity index (χ1) is 30.7. The van der Waals surface area contributed by atoms with Gasteiger partial charge in [0.1, 0.15) is 29.8 Å². The zero-order chi connectivity index (χ0) is 49.6. The van der Waals surface area contributed by atoms with Gasteiger partial charge in [-0.15, -0.1) is 0 Å². The molecule has 0 saturated carbocycles. The lowest BCUT2D eigenvalue weighted by Crippen LogP contribution is -2.61. The predicted molar refractivity (Wildman–Crippen MR) is 256 cm³/mol. The molecule has 0 radical (unpaired) electrons. The number of alkyl carbamates (subject to hydrolysis) is 2. The van der Waals surface area contributed by atoms with E-state index in [0.717, 1.165) is 5.56 Å². The van der Waals surface area contributed by atoms with Crippen LogP contribution in [0.5, 0.6) is 0 Å². The van der Waals surface area contributed by atoms with Crippen molar-refractivity contribution in [1.29, 1.82) is 0 Å². The van der Waals surface area contributed by atoms with Crippen molar-refractivity contribution >= 4 is 35.8 Å². The van der Waals surface area contributed by atoms with Crippen molar-refractivity contribution < 1.29 is 43.1 Å². The van der Waals surface area contributed by atoms with E-state index in [1.54, 1.807) is 32.8 Å². The van der Waals surface area contributed by atoms with Gasteiger partial charge >= 0.3 is 12.2 Å². The number of benzene rings is 1. The molecular weight excluding hydrogens is 843 g/mol. The third-order valence-electron chi connectivity index (χ3n) is 11.7. The lowest BCUT2D eigenvalue weighted by atomic mass is 9.80. The summed E-state index contributed by atoms with van der Waals surface area (Å²) in [7, 11) is 1.64. The lowest BCUT2D eigenvalue weighted by molar-refractivity contribution is -0.276. The first kappa shape index (κ1) is 55.6. The van der Waals surface area contributed by atoms with Crippen LogP contribution in [-0.4, -0.2) is 119 Å². The van der Waals surface area contributed by atoms with Crippen molar-refractivity contribution in [2.75, 3.05) is 20.2 Å². The number of carbonyl (C=O) groups is 6. The molecule has 5 atom stereocenters. The average molecular weight is 926 g/mol. The van der Waals surface area contributed by atoms with Crippen LogP contribution in [0.25, 0.3) is 0 Å². The maximum Gasteiger partial charge on any atom is 0.408 e. The Kier molecular flexibility index (Phi) is 21.0. The number of piperidine rings is 1. The zero-order valence-corrected chi connectivity index (χ0v) is 42.4. The molecule has 3 rings (SSSR count). The number of hydrogen-bond donors (Lipinski definition) is 5. The first-order valence-corrected chi connectivity index (χ1v) is 23.9. The molecule has 66 heavy (non-hydrogen) atoms. The highest BCUT2D eigenvalue weighted by Crippen LogP contribution is 2.39. The van der Waals surface area contributed by atoms with E-state index in [1.807, 2.05) is 103 Å². The molecule has 1 aromatic carbocycles. The molecule has 372 valence electrons. The second-order valence-corrected chi connectivity index (χ2v) is 21.3. The van der Waals surface area contributed by atoms with Crippen molar-refractivity contribution in [3.63, 3.8) is 0 Å². The summed E-state index contributed by atoms with van der Waals surface area (Å²) in [5.74, 6) is -2.37. The van der Waals surface area contributed by atoms with Gasteiger partial charge in [0.05, 0.1) is 19.1 Å². The minimum Gasteiger partial charge on any atom is -0.446 e. The Bertz CT molecular complexity index is 1780. The highest BCUT2D eigenvalue weighted by molar-refractivity contribution is 5.95. The number of amides is 6. The van der Waals surface area contributed by atoms with Crippen molar-refractivity contribution in [1.82, 2.24) is 36.5 Å². The van der Waals surface area contributed by atoms with Gasteiger partial charge in [-0.1, -0.05) is 70.2 Å². The standard InChI is InChI=1S/C50H83N7O9/c1-32(2)28-37(53-47(63)66-48(7,8)9)25-24-36(29-35-20-16-15-17-21-35)45(61)56-27-19-23-40(56)43(59)55-41(33(3)4)44(60)54-39(42(58)52-34(5)6)22-18-26-51-46(62)65-38-30-49(10,11)57(64-14)50(12,13)31-38/h15-17,20-21,24-25,32-34,36-41H,18-19,22-23,26-31H2,1-14H3,(H,51,62)(H,52,58)(H,53,63)(H,54,60)(H,55,59)/b25-24+/t36-,37-,39+,40+,41+/m1/s1. The van der Waals surface area contributed by atoms with E-state index < -0.39 is 59.7 Å². The van der Waals surface area contributed by atoms with Gasteiger partial charge in [0.15, 0.2) is 0 Å². The second kappa shape index (κ2) is 24.9. The van der Waals surface area contributed by atoms with E-state index in [0.29, 0.717) is 51.5 Å². The molecule has 16 nitrogen and oxygen atoms in total. The van der Waals surface area contributed by atoms with Crippen LogP contribution in [0.2, 0.25) is 0 Å². The number of ether oxygens (including phenoxy) is 2. The van der Waals surface area contributed by atoms with Gasteiger partial charge in [-0.25, -0.2) is 9.59 Å². The van der Waals surface area contributed by atoms with Crippen LogP contribution in [0.3, 0.4) is 0 Å². The molecule has 2 aliphatic heterocycles. The number of carbonyl (C=O) groups excluding carboxylic acids is 6. The van der Waals surface area contributed by atoms with Gasteiger partial charge in [0.25, 0.3) is 0 Å². The molecule has 2 aliphatic rings. The molecule has 0 spiro atoms. The van der Waals surface area contributed by atoms with Crippen molar-refractivity contribution in [3.8, 4) is 0 Å². The largest absolute Gasteiger partial charge is 0.446 e. The van der Waals surface area contributed by atoms with Crippen LogP contribution >= 0.6 is 0 Å². The van der Waals surface area contributed by atoms with Crippen LogP contribution in [0, 0.1) is 17.8 Å². The molecule has 16 heteroatoms. The van der Waals surface area contributed by atoms with Crippen LogP contribution in [-0.2, 0) is 39.9 Å². The number of nitrogens with one attached hydrogen (secondary N) is 5. The van der Waals surface area contributed by atoms with E-state index >= 15 is 0 Å². The number of rotatable bonds is 21. The Morgan fingerprint density at radius 2 is 1.47 bits per heavy atom. The molecule has 0 aromatic heterocycles. The van der Waals surface area contributed by atoms with Crippen LogP contribution in [0.4, 0.5) is 9.59 Å². The molecule has 6 amide bonds. The summed E-state index contributed by atoms with van der Waals surface area (Å²) in [6, 6.07) is 6.27. The maximum atomic E-state index is 14.5. The zero-order valence-electron chi connectivity index (χ0n) is 42.4. The summed E-state index contributed by atoms with van der Waals surface area (Å²) in [4.78, 5) is 89.1. The van der Waals surface area contributed by atoms with Gasteiger partial charge in [0, 0.05) is 43.1 Å². The summed E-state index contributed by atoms with van der Waals surface area (Å²) < 4.78 is 11.3. The highest BCUT2D eigenvalue weighted by Gasteiger charge is 2.47. The van der Waals surface area contributed by atoms with Crippen molar-refractivity contribution in [2.24, 2.45) is 17.8 Å². The predicted octanol–water partition coefficient (Wildman–Crippen LogP) is 6.57. The number of hydrogen-bond acceptors (Lipinski definition) is 10. The summed E-state index contributed by atoms with van der Waals surface area (Å²) in [6.45, 7) is 25.5. The number of hydroxylamine groups is 2. The summed E-state index contributed by atoms with van der Waals surface area (Å²) in [6.07, 6.45) is 6.00. The highest BCUT2D eigenvalue weighted by atomic mass is 16.7. The van der Waals surface area contributed by atoms with Gasteiger partial charge < -0.3 is 45.8 Å². The smallest absolute Gasteiger partial charge is 0.408 e. The number of likely N-dealkylation sites (tertiary alicyclic amines) is 1. The van der Waals surface area contributed by atoms with Crippen LogP contribution in [0.1, 0.15) is 141 Å². The van der Waals surface area contributed by atoms with Crippen molar-refractivity contribution in [3.05, 3.63) is 48.0 Å². The Hall–Kier alpha value is -4.70. The van der Waals surface area contributed by atoms with E-state index in [2.05, 4.69) is 40.4 Å². The molecule has 5 N–H and O–H groups in total. The molecule has 0 bridgehead atoms. The Balaban J connectivity index is 1.72. The SMILES string of the molecule is CON1C(C)(C)CC(OC(=O)NCCC[C@H](NC(=O)[C@@H](NC(=O)[C@@H]2CCCN2C(=O)[C@H](/C=C/[C@H](CC(C)C)NC(=O)OC(C)(C)C)Cc2ccccc2)C(C)C)C(=O)NC(C)C)CC1(C)C. The first-order valence-electron chi connectivity index (χ1n) is 23.9. The quantitative estimate of drug-likeness (QED) is 0.0665. The molecule has 2 fully saturated rings. The van der Waals surface area contributed by atoms with E-state index in [1.165, 1.54) is 0 Å². The Morgan fingerprint density at radius 1 is 0.833 bits per heavy atom. The molecule has 0 aliphatic carbocycles. The maximum absolute atomic E-state index is 14.5. The third kappa shape index (κ3) is 17.8. The monoisotopic (exact) mass is 926 g/mol. The van der Waals surface area contributed by atoms with Gasteiger partial charge in [-0.3, -0.25) is 19.2 Å². The fraction of sp³-hybridized carbons (Fsp3) is 0.720. The molecule has 2 saturated heterocycles. The molecule has 2 heterocycles. The second-order valence-electron chi connectivity index (χ2n) is 21.3. The average Bonchev–Trinajstić information content (AvgIpc) is 3.68. The van der Waals surface area contributed by atoms with Gasteiger partial charge in [0.2, 0.25) is 23.6 Å². The molecule has 0 unspecified atom stereocenters. The van der Waals surface area contributed by atoms with Gasteiger partial charge in [-0.05, 0) is 118 Å². The summed E-state index contributed by atoms with van der Waals surface area (Å²) >= 11 is 0. The fourth-order valence-corrected chi connectivity index (χ4v) is 9.18. The normalized spacial score (nSPS) is 19.5. The minimum atomic E-state index is -1.01. The molecule has 1 aromatic rings. The van der Waals surface area contributed by atoms with E-state index in [4.69, 9.17) is 14.3 Å². The minimum absolute atomic E-state index is 0.197. The van der Waals surface area contributed by atoms with E-state index in [9.17, 15) is 28.8 Å². The summed E-state index contributed by atoms with van der Waals surface area (Å²) in [5, 5.41) is 16.4. The Labute approximate surface area is 394 Å². The topological polar surface area (TPSA) is 197 Å². The Morgan fingerprint density at radius 3 is 2.03 bits per heavy atom. The molecular formula is C50H83N7O9. The van der Waals surface area contributed by atoms with Crippen LogP contribution < -0.4 is 26.6 Å². The van der Waals surface area contributed by atoms with Crippen LogP contribution in [0.15, 0.2) is 42.5 Å². The van der Waals surface area contributed by atoms with Crippen molar-refractivity contribution in [2.45, 2.75) is 194 Å². The van der Waals surface area contributed by atoms with E-state index in [-0.39, 0.29) is 59.8 Å². The summed E-state index contributed by atoms with van der Waals surface area (Å²) in [5.41, 5.74) is -0.453. The number of nitrogens with zero attached hydrogens (tertiary/aromatic N) is 2.